The van der Waals surface area contributed by atoms with Gasteiger partial charge in [-0.3, -0.25) is 0 Å². The van der Waals surface area contributed by atoms with Crippen molar-refractivity contribution in [3.8, 4) is 0 Å². The third-order valence-electron chi connectivity index (χ3n) is 4.26. The highest BCUT2D eigenvalue weighted by Crippen LogP contribution is 2.34. The smallest absolute Gasteiger partial charge is 0.243 e. The number of ether oxygens (including phenoxy) is 3. The molecule has 20 heavy (non-hydrogen) atoms. The van der Waals surface area contributed by atoms with Gasteiger partial charge in [-0.15, -0.1) is 0 Å². The molecule has 1 aromatic heterocycles. The molecule has 2 saturated heterocycles. The van der Waals surface area contributed by atoms with Crippen LogP contribution in [0.15, 0.2) is 4.52 Å². The summed E-state index contributed by atoms with van der Waals surface area (Å²) in [5.41, 5.74) is -0.473. The standard InChI is InChI=1S/C13H21N3O4/c1-17-9-7-10(14-8-9)11-15-12(16-20-11)13(18-2)3-5-19-6-4-13/h9-10,14H,3-8H2,1-2H3/t9-,10+/m0/s1. The van der Waals surface area contributed by atoms with E-state index in [4.69, 9.17) is 18.7 Å². The molecular weight excluding hydrogens is 262 g/mol. The number of rotatable bonds is 4. The van der Waals surface area contributed by atoms with Gasteiger partial charge in [0.05, 0.1) is 12.1 Å². The van der Waals surface area contributed by atoms with Crippen LogP contribution >= 0.6 is 0 Å². The molecule has 0 aliphatic carbocycles. The number of nitrogens with zero attached hydrogens (tertiary/aromatic N) is 2. The highest BCUT2D eigenvalue weighted by atomic mass is 16.5. The molecule has 0 radical (unpaired) electrons. The van der Waals surface area contributed by atoms with Crippen molar-refractivity contribution in [2.75, 3.05) is 34.0 Å². The maximum Gasteiger partial charge on any atom is 0.243 e. The highest BCUT2D eigenvalue weighted by Gasteiger charge is 2.40. The molecule has 0 saturated carbocycles. The van der Waals surface area contributed by atoms with Crippen LogP contribution in [0.5, 0.6) is 0 Å². The van der Waals surface area contributed by atoms with Crippen molar-refractivity contribution in [3.05, 3.63) is 11.7 Å². The van der Waals surface area contributed by atoms with Crippen molar-refractivity contribution in [1.29, 1.82) is 0 Å². The zero-order valence-electron chi connectivity index (χ0n) is 11.9. The third kappa shape index (κ3) is 2.46. The summed E-state index contributed by atoms with van der Waals surface area (Å²) in [5.74, 6) is 1.24. The molecule has 3 heterocycles. The Kier molecular flexibility index (Phi) is 4.02. The summed E-state index contributed by atoms with van der Waals surface area (Å²) >= 11 is 0. The topological polar surface area (TPSA) is 78.6 Å². The third-order valence-corrected chi connectivity index (χ3v) is 4.26. The quantitative estimate of drug-likeness (QED) is 0.874. The fourth-order valence-corrected chi connectivity index (χ4v) is 2.85. The number of methoxy groups -OCH3 is 2. The second-order valence-electron chi connectivity index (χ2n) is 5.32. The van der Waals surface area contributed by atoms with E-state index in [1.807, 2.05) is 0 Å². The first-order valence-corrected chi connectivity index (χ1v) is 7.00. The lowest BCUT2D eigenvalue weighted by molar-refractivity contribution is -0.101. The summed E-state index contributed by atoms with van der Waals surface area (Å²) in [5, 5.41) is 7.46. The number of hydrogen-bond acceptors (Lipinski definition) is 7. The molecule has 2 aliphatic heterocycles. The van der Waals surface area contributed by atoms with Crippen LogP contribution in [0.25, 0.3) is 0 Å². The van der Waals surface area contributed by atoms with E-state index in [0.717, 1.165) is 25.8 Å². The average Bonchev–Trinajstić information content (AvgIpc) is 3.16. The van der Waals surface area contributed by atoms with Crippen molar-refractivity contribution in [2.24, 2.45) is 0 Å². The SMILES string of the molecule is CO[C@@H]1CN[C@@H](c2nc(C3(OC)CCOCC3)no2)C1. The first kappa shape index (κ1) is 13.9. The Balaban J connectivity index is 1.76. The van der Waals surface area contributed by atoms with Crippen molar-refractivity contribution in [2.45, 2.75) is 37.0 Å². The predicted molar refractivity (Wildman–Crippen MR) is 69.2 cm³/mol. The van der Waals surface area contributed by atoms with Gasteiger partial charge in [0.2, 0.25) is 11.7 Å². The van der Waals surface area contributed by atoms with Gasteiger partial charge in [0, 0.05) is 46.8 Å². The molecule has 0 amide bonds. The Labute approximate surface area is 118 Å². The molecule has 3 rings (SSSR count). The first-order chi connectivity index (χ1) is 9.77. The monoisotopic (exact) mass is 283 g/mol. The number of hydrogen-bond donors (Lipinski definition) is 1. The lowest BCUT2D eigenvalue weighted by Gasteiger charge is -2.32. The number of aromatic nitrogens is 2. The van der Waals surface area contributed by atoms with Gasteiger partial charge in [0.1, 0.15) is 5.60 Å². The second-order valence-corrected chi connectivity index (χ2v) is 5.32. The van der Waals surface area contributed by atoms with Crippen LogP contribution in [0.4, 0.5) is 0 Å². The molecular formula is C13H21N3O4. The Bertz CT molecular complexity index is 445. The van der Waals surface area contributed by atoms with Crippen LogP contribution in [0, 0.1) is 0 Å². The Morgan fingerprint density at radius 3 is 2.75 bits per heavy atom. The van der Waals surface area contributed by atoms with Gasteiger partial charge < -0.3 is 24.1 Å². The minimum atomic E-state index is -0.473. The van der Waals surface area contributed by atoms with Gasteiger partial charge in [0.15, 0.2) is 0 Å². The minimum Gasteiger partial charge on any atom is -0.381 e. The first-order valence-electron chi connectivity index (χ1n) is 7.00. The lowest BCUT2D eigenvalue weighted by atomic mass is 9.93. The zero-order chi connectivity index (χ0) is 14.0. The van der Waals surface area contributed by atoms with Gasteiger partial charge in [-0.1, -0.05) is 5.16 Å². The van der Waals surface area contributed by atoms with E-state index in [-0.39, 0.29) is 12.1 Å². The van der Waals surface area contributed by atoms with Crippen LogP contribution in [0.3, 0.4) is 0 Å². The largest absolute Gasteiger partial charge is 0.381 e. The van der Waals surface area contributed by atoms with Gasteiger partial charge >= 0.3 is 0 Å². The fraction of sp³-hybridized carbons (Fsp3) is 0.846. The van der Waals surface area contributed by atoms with E-state index in [0.29, 0.717) is 24.9 Å². The van der Waals surface area contributed by atoms with Gasteiger partial charge in [-0.2, -0.15) is 4.98 Å². The van der Waals surface area contributed by atoms with Crippen molar-refractivity contribution < 1.29 is 18.7 Å². The predicted octanol–water partition coefficient (Wildman–Crippen LogP) is 0.771. The summed E-state index contributed by atoms with van der Waals surface area (Å²) in [7, 11) is 3.41. The zero-order valence-corrected chi connectivity index (χ0v) is 11.9. The Morgan fingerprint density at radius 2 is 2.10 bits per heavy atom. The maximum absolute atomic E-state index is 5.67. The minimum absolute atomic E-state index is 0.0648. The van der Waals surface area contributed by atoms with Crippen LogP contribution in [-0.4, -0.2) is 50.2 Å². The van der Waals surface area contributed by atoms with Crippen LogP contribution in [0.2, 0.25) is 0 Å². The van der Waals surface area contributed by atoms with Gasteiger partial charge in [0.25, 0.3) is 0 Å². The van der Waals surface area contributed by atoms with Gasteiger partial charge in [-0.25, -0.2) is 0 Å². The fourth-order valence-electron chi connectivity index (χ4n) is 2.85. The molecule has 1 N–H and O–H groups in total. The van der Waals surface area contributed by atoms with Crippen LogP contribution in [0.1, 0.15) is 37.0 Å². The van der Waals surface area contributed by atoms with Crippen molar-refractivity contribution in [3.63, 3.8) is 0 Å². The summed E-state index contributed by atoms with van der Waals surface area (Å²) in [6.07, 6.45) is 2.55. The molecule has 1 aromatic rings. The van der Waals surface area contributed by atoms with E-state index >= 15 is 0 Å². The van der Waals surface area contributed by atoms with Crippen molar-refractivity contribution in [1.82, 2.24) is 15.5 Å². The Hall–Kier alpha value is -1.02. The van der Waals surface area contributed by atoms with Crippen LogP contribution in [-0.2, 0) is 19.8 Å². The van der Waals surface area contributed by atoms with E-state index in [2.05, 4.69) is 15.5 Å². The van der Waals surface area contributed by atoms with E-state index in [1.54, 1.807) is 14.2 Å². The highest BCUT2D eigenvalue weighted by molar-refractivity contribution is 5.06. The van der Waals surface area contributed by atoms with Crippen LogP contribution < -0.4 is 5.32 Å². The summed E-state index contributed by atoms with van der Waals surface area (Å²) in [6.45, 7) is 2.12. The molecule has 7 heteroatoms. The normalized spacial score (nSPS) is 29.7. The summed E-state index contributed by atoms with van der Waals surface area (Å²) in [4.78, 5) is 4.55. The van der Waals surface area contributed by atoms with E-state index in [9.17, 15) is 0 Å². The second kappa shape index (κ2) is 5.77. The Morgan fingerprint density at radius 1 is 1.30 bits per heavy atom. The summed E-state index contributed by atoms with van der Waals surface area (Å²) in [6, 6.07) is 0.0648. The van der Waals surface area contributed by atoms with Crippen molar-refractivity contribution >= 4 is 0 Å². The van der Waals surface area contributed by atoms with E-state index in [1.165, 1.54) is 0 Å². The molecule has 7 nitrogen and oxygen atoms in total. The molecule has 0 unspecified atom stereocenters. The molecule has 112 valence electrons. The number of nitrogens with one attached hydrogen (secondary N) is 1. The molecule has 0 bridgehead atoms. The molecule has 0 aromatic carbocycles. The molecule has 0 spiro atoms. The molecule has 2 fully saturated rings. The maximum atomic E-state index is 5.67. The molecule has 2 atom stereocenters. The average molecular weight is 283 g/mol. The van der Waals surface area contributed by atoms with Gasteiger partial charge in [-0.05, 0) is 6.42 Å². The lowest BCUT2D eigenvalue weighted by Crippen LogP contribution is -2.36. The summed E-state index contributed by atoms with van der Waals surface area (Å²) < 4.78 is 21.8. The molecule has 2 aliphatic rings. The van der Waals surface area contributed by atoms with E-state index < -0.39 is 5.60 Å².